The smallest absolute Gasteiger partial charge is 0.216 e. The van der Waals surface area contributed by atoms with E-state index in [0.717, 1.165) is 33.2 Å². The van der Waals surface area contributed by atoms with Gasteiger partial charge in [-0.15, -0.1) is 0 Å². The minimum Gasteiger partial charge on any atom is -0.455 e. The van der Waals surface area contributed by atoms with E-state index in [0.29, 0.717) is 0 Å². The number of aromatic nitrogens is 1. The molecular weight excluding hydrogens is 414 g/mol. The second kappa shape index (κ2) is 8.00. The van der Waals surface area contributed by atoms with Gasteiger partial charge in [0.2, 0.25) is 5.69 Å². The molecule has 6 aromatic rings. The summed E-state index contributed by atoms with van der Waals surface area (Å²) in [7, 11) is 2.08. The van der Waals surface area contributed by atoms with Crippen molar-refractivity contribution in [3.8, 4) is 33.5 Å². The molecular formula is C32H26NO+. The maximum atomic E-state index is 6.56. The van der Waals surface area contributed by atoms with E-state index in [1.807, 2.05) is 0 Å². The lowest BCUT2D eigenvalue weighted by molar-refractivity contribution is -0.660. The Morgan fingerprint density at radius 3 is 2.18 bits per heavy atom. The summed E-state index contributed by atoms with van der Waals surface area (Å²) in [6.45, 7) is 4.33. The van der Waals surface area contributed by atoms with Gasteiger partial charge in [0, 0.05) is 22.9 Å². The van der Waals surface area contributed by atoms with Crippen LogP contribution in [-0.2, 0) is 7.05 Å². The molecule has 0 bridgehead atoms. The predicted molar refractivity (Wildman–Crippen MR) is 141 cm³/mol. The third-order valence-electron chi connectivity index (χ3n) is 6.81. The molecule has 0 atom stereocenters. The second-order valence-electron chi connectivity index (χ2n) is 9.04. The predicted octanol–water partition coefficient (Wildman–Crippen LogP) is 8.03. The second-order valence-corrected chi connectivity index (χ2v) is 9.04. The van der Waals surface area contributed by atoms with Gasteiger partial charge in [-0.3, -0.25) is 0 Å². The van der Waals surface area contributed by atoms with Gasteiger partial charge in [0.05, 0.1) is 5.56 Å². The first kappa shape index (κ1) is 20.4. The van der Waals surface area contributed by atoms with Crippen LogP contribution in [0.4, 0.5) is 0 Å². The molecule has 2 heterocycles. The Hall–Kier alpha value is -4.17. The number of hydrogen-bond donors (Lipinski definition) is 0. The fourth-order valence-electron chi connectivity index (χ4n) is 5.01. The van der Waals surface area contributed by atoms with Crippen LogP contribution in [0.1, 0.15) is 11.1 Å². The number of aryl methyl sites for hydroxylation is 3. The molecule has 0 aliphatic heterocycles. The van der Waals surface area contributed by atoms with Crippen LogP contribution in [0.5, 0.6) is 0 Å². The summed E-state index contributed by atoms with van der Waals surface area (Å²) < 4.78 is 8.71. The fraction of sp³-hybridized carbons (Fsp3) is 0.0938. The van der Waals surface area contributed by atoms with E-state index in [4.69, 9.17) is 4.42 Å². The van der Waals surface area contributed by atoms with E-state index < -0.39 is 0 Å². The van der Waals surface area contributed by atoms with Crippen molar-refractivity contribution in [3.63, 3.8) is 0 Å². The summed E-state index contributed by atoms with van der Waals surface area (Å²) in [4.78, 5) is 0. The zero-order valence-electron chi connectivity index (χ0n) is 19.7. The Balaban J connectivity index is 1.50. The molecule has 0 saturated carbocycles. The summed E-state index contributed by atoms with van der Waals surface area (Å²) in [6.07, 6.45) is 2.08. The number of rotatable bonds is 3. The summed E-state index contributed by atoms with van der Waals surface area (Å²) in [6, 6.07) is 34.5. The lowest BCUT2D eigenvalue weighted by atomic mass is 9.95. The molecule has 2 aromatic heterocycles. The van der Waals surface area contributed by atoms with Crippen LogP contribution in [0, 0.1) is 13.8 Å². The first-order chi connectivity index (χ1) is 16.6. The summed E-state index contributed by atoms with van der Waals surface area (Å²) in [5.41, 5.74) is 11.5. The van der Waals surface area contributed by atoms with Crippen LogP contribution >= 0.6 is 0 Å². The average molecular weight is 441 g/mol. The van der Waals surface area contributed by atoms with Gasteiger partial charge in [0.1, 0.15) is 18.2 Å². The zero-order valence-corrected chi connectivity index (χ0v) is 19.7. The molecule has 2 nitrogen and oxygen atoms in total. The zero-order chi connectivity index (χ0) is 23.2. The molecule has 0 radical (unpaired) electrons. The summed E-state index contributed by atoms with van der Waals surface area (Å²) in [5, 5.41) is 2.30. The molecule has 2 heteroatoms. The number of furan rings is 1. The quantitative estimate of drug-likeness (QED) is 0.255. The summed E-state index contributed by atoms with van der Waals surface area (Å²) >= 11 is 0. The lowest BCUT2D eigenvalue weighted by Crippen LogP contribution is -2.30. The Labute approximate surface area is 199 Å². The molecule has 34 heavy (non-hydrogen) atoms. The van der Waals surface area contributed by atoms with Crippen LogP contribution in [0.2, 0.25) is 0 Å². The van der Waals surface area contributed by atoms with Crippen molar-refractivity contribution in [3.05, 3.63) is 114 Å². The first-order valence-electron chi connectivity index (χ1n) is 11.7. The average Bonchev–Trinajstić information content (AvgIpc) is 3.23. The maximum absolute atomic E-state index is 6.56. The largest absolute Gasteiger partial charge is 0.455 e. The molecule has 0 N–H and O–H groups in total. The normalized spacial score (nSPS) is 11.4. The molecule has 0 amide bonds. The Morgan fingerprint density at radius 1 is 0.618 bits per heavy atom. The third kappa shape index (κ3) is 3.31. The number of fused-ring (bicyclic) bond motifs is 3. The van der Waals surface area contributed by atoms with Crippen molar-refractivity contribution in [2.24, 2.45) is 7.05 Å². The highest BCUT2D eigenvalue weighted by atomic mass is 16.3. The fourth-order valence-corrected chi connectivity index (χ4v) is 5.01. The van der Waals surface area contributed by atoms with Crippen LogP contribution in [0.15, 0.2) is 108 Å². The minimum absolute atomic E-state index is 0.921. The van der Waals surface area contributed by atoms with Gasteiger partial charge in [-0.05, 0) is 65.4 Å². The monoisotopic (exact) mass is 440 g/mol. The van der Waals surface area contributed by atoms with Crippen molar-refractivity contribution in [1.29, 1.82) is 0 Å². The van der Waals surface area contributed by atoms with E-state index in [9.17, 15) is 0 Å². The molecule has 4 aromatic carbocycles. The van der Waals surface area contributed by atoms with Crippen molar-refractivity contribution < 1.29 is 8.98 Å². The number of nitrogens with zero attached hydrogens (tertiary/aromatic N) is 1. The van der Waals surface area contributed by atoms with Gasteiger partial charge < -0.3 is 4.42 Å². The van der Waals surface area contributed by atoms with Crippen LogP contribution < -0.4 is 4.57 Å². The first-order valence-corrected chi connectivity index (χ1v) is 11.7. The number of pyridine rings is 1. The number of hydrogen-bond acceptors (Lipinski definition) is 1. The highest BCUT2D eigenvalue weighted by molar-refractivity contribution is 6.10. The standard InChI is InChI=1S/C32H26NO/c1-21-12-15-28-27-17-14-25(26-16-13-24(19-22(26)2)23-9-5-4-6-10-23)20-30(27)34-32(28)31(21)29-11-7-8-18-33(29)3/h4-20H,1-3H3/q+1. The Bertz CT molecular complexity index is 1680. The van der Waals surface area contributed by atoms with E-state index in [1.165, 1.54) is 33.4 Å². The van der Waals surface area contributed by atoms with Crippen molar-refractivity contribution in [2.45, 2.75) is 13.8 Å². The molecule has 6 rings (SSSR count). The molecule has 0 spiro atoms. The molecule has 0 unspecified atom stereocenters. The van der Waals surface area contributed by atoms with Crippen molar-refractivity contribution >= 4 is 21.9 Å². The highest BCUT2D eigenvalue weighted by Crippen LogP contribution is 2.39. The molecule has 0 saturated heterocycles. The van der Waals surface area contributed by atoms with Crippen LogP contribution in [0.3, 0.4) is 0 Å². The SMILES string of the molecule is Cc1cc(-c2ccccc2)ccc1-c1ccc2c(c1)oc1c(-c3cccc[n+]3C)c(C)ccc12. The van der Waals surface area contributed by atoms with E-state index in [2.05, 4.69) is 129 Å². The van der Waals surface area contributed by atoms with Gasteiger partial charge in [0.25, 0.3) is 0 Å². The van der Waals surface area contributed by atoms with Gasteiger partial charge in [-0.25, -0.2) is 4.57 Å². The topological polar surface area (TPSA) is 17.0 Å². The van der Waals surface area contributed by atoms with Crippen LogP contribution in [-0.4, -0.2) is 0 Å². The van der Waals surface area contributed by atoms with Crippen molar-refractivity contribution in [2.75, 3.05) is 0 Å². The Morgan fingerprint density at radius 2 is 1.38 bits per heavy atom. The molecule has 0 aliphatic carbocycles. The van der Waals surface area contributed by atoms with Crippen molar-refractivity contribution in [1.82, 2.24) is 0 Å². The molecule has 0 fully saturated rings. The maximum Gasteiger partial charge on any atom is 0.216 e. The van der Waals surface area contributed by atoms with E-state index in [-0.39, 0.29) is 0 Å². The Kier molecular flexibility index (Phi) is 4.81. The molecule has 164 valence electrons. The lowest BCUT2D eigenvalue weighted by Gasteiger charge is -2.09. The van der Waals surface area contributed by atoms with Crippen LogP contribution in [0.25, 0.3) is 55.4 Å². The highest BCUT2D eigenvalue weighted by Gasteiger charge is 2.20. The van der Waals surface area contributed by atoms with E-state index >= 15 is 0 Å². The summed E-state index contributed by atoms with van der Waals surface area (Å²) in [5.74, 6) is 0. The van der Waals surface area contributed by atoms with E-state index in [1.54, 1.807) is 0 Å². The van der Waals surface area contributed by atoms with Gasteiger partial charge >= 0.3 is 0 Å². The van der Waals surface area contributed by atoms with Gasteiger partial charge in [-0.2, -0.15) is 0 Å². The minimum atomic E-state index is 0.921. The number of benzene rings is 4. The third-order valence-corrected chi connectivity index (χ3v) is 6.81. The molecule has 0 aliphatic rings. The van der Waals surface area contributed by atoms with Gasteiger partial charge in [0.15, 0.2) is 6.20 Å². The van der Waals surface area contributed by atoms with Gasteiger partial charge in [-0.1, -0.05) is 66.7 Å².